The van der Waals surface area contributed by atoms with Gasteiger partial charge in [0, 0.05) is 0 Å². The predicted octanol–water partition coefficient (Wildman–Crippen LogP) is 4.18. The molecule has 1 aromatic rings. The second-order valence-electron chi connectivity index (χ2n) is 3.91. The fraction of sp³-hybridized carbons (Fsp3) is 0.417. The minimum atomic E-state index is -4.72. The van der Waals surface area contributed by atoms with Crippen LogP contribution in [0, 0.1) is 0 Å². The molecular formula is C12H13BrF3NO2S. The van der Waals surface area contributed by atoms with Gasteiger partial charge in [0.15, 0.2) is 0 Å². The van der Waals surface area contributed by atoms with Gasteiger partial charge < -0.3 is 15.2 Å². The molecule has 0 aliphatic heterocycles. The largest absolute Gasteiger partial charge is 0.573 e. The van der Waals surface area contributed by atoms with Gasteiger partial charge in [-0.15, -0.1) is 13.2 Å². The van der Waals surface area contributed by atoms with Crippen LogP contribution in [0.25, 0.3) is 0 Å². The molecule has 0 unspecified atom stereocenters. The Hall–Kier alpha value is -1.02. The van der Waals surface area contributed by atoms with Crippen LogP contribution in [0.2, 0.25) is 0 Å². The molecule has 0 fully saturated rings. The zero-order valence-corrected chi connectivity index (χ0v) is 12.8. The third-order valence-electron chi connectivity index (χ3n) is 2.22. The smallest absolute Gasteiger partial charge is 0.494 e. The van der Waals surface area contributed by atoms with Gasteiger partial charge >= 0.3 is 6.36 Å². The minimum absolute atomic E-state index is 0.176. The number of alkyl halides is 3. The summed E-state index contributed by atoms with van der Waals surface area (Å²) in [6, 6.07) is 4.04. The molecule has 0 atom stereocenters. The number of benzene rings is 1. The number of hydrogen-bond donors (Lipinski definition) is 1. The fourth-order valence-corrected chi connectivity index (χ4v) is 1.95. The van der Waals surface area contributed by atoms with Crippen molar-refractivity contribution < 1.29 is 22.6 Å². The van der Waals surface area contributed by atoms with E-state index in [2.05, 4.69) is 20.7 Å². The number of nitrogens with two attached hydrogens (primary N) is 1. The molecule has 0 bridgehead atoms. The van der Waals surface area contributed by atoms with Crippen LogP contribution in [-0.4, -0.2) is 18.0 Å². The first-order chi connectivity index (χ1) is 9.28. The summed E-state index contributed by atoms with van der Waals surface area (Å²) in [6.45, 7) is 0.439. The molecule has 0 amide bonds. The normalized spacial score (nSPS) is 11.2. The lowest BCUT2D eigenvalue weighted by Gasteiger charge is -2.12. The molecule has 2 N–H and O–H groups in total. The summed E-state index contributed by atoms with van der Waals surface area (Å²) in [4.78, 5) is 0.460. The Bertz CT molecular complexity index is 469. The Kier molecular flexibility index (Phi) is 6.54. The Morgan fingerprint density at radius 1 is 1.30 bits per heavy atom. The highest BCUT2D eigenvalue weighted by molar-refractivity contribution is 9.10. The van der Waals surface area contributed by atoms with E-state index in [0.29, 0.717) is 23.8 Å². The molecule has 8 heteroatoms. The molecule has 3 nitrogen and oxygen atoms in total. The second kappa shape index (κ2) is 7.68. The van der Waals surface area contributed by atoms with E-state index in [1.54, 1.807) is 0 Å². The zero-order chi connectivity index (χ0) is 15.2. The SMILES string of the molecule is NC(=S)CCCCOc1ccc(OC(F)(F)F)c(Br)c1. The van der Waals surface area contributed by atoms with Crippen molar-refractivity contribution in [1.29, 1.82) is 0 Å². The van der Waals surface area contributed by atoms with Gasteiger partial charge in [-0.25, -0.2) is 0 Å². The summed E-state index contributed by atoms with van der Waals surface area (Å²) >= 11 is 7.74. The summed E-state index contributed by atoms with van der Waals surface area (Å²) in [7, 11) is 0. The molecule has 0 aromatic heterocycles. The molecule has 1 rings (SSSR count). The number of halogens is 4. The molecule has 0 saturated carbocycles. The maximum absolute atomic E-state index is 12.1. The Morgan fingerprint density at radius 3 is 2.55 bits per heavy atom. The quantitative estimate of drug-likeness (QED) is 0.576. The number of ether oxygens (including phenoxy) is 2. The van der Waals surface area contributed by atoms with Crippen LogP contribution < -0.4 is 15.2 Å². The van der Waals surface area contributed by atoms with E-state index in [-0.39, 0.29) is 10.2 Å². The average Bonchev–Trinajstić information content (AvgIpc) is 2.30. The molecule has 112 valence electrons. The van der Waals surface area contributed by atoms with E-state index in [1.807, 2.05) is 0 Å². The number of rotatable bonds is 7. The van der Waals surface area contributed by atoms with Gasteiger partial charge in [-0.1, -0.05) is 12.2 Å². The van der Waals surface area contributed by atoms with Gasteiger partial charge in [0.1, 0.15) is 11.5 Å². The number of thiocarbonyl (C=S) groups is 1. The summed E-state index contributed by atoms with van der Waals surface area (Å²) in [5, 5.41) is 0. The Labute approximate surface area is 128 Å². The van der Waals surface area contributed by atoms with Gasteiger partial charge in [0.2, 0.25) is 0 Å². The van der Waals surface area contributed by atoms with Gasteiger partial charge in [-0.3, -0.25) is 0 Å². The first-order valence-electron chi connectivity index (χ1n) is 5.74. The monoisotopic (exact) mass is 371 g/mol. The molecule has 20 heavy (non-hydrogen) atoms. The first kappa shape index (κ1) is 17.0. The van der Waals surface area contributed by atoms with Crippen molar-refractivity contribution in [3.8, 4) is 11.5 Å². The van der Waals surface area contributed by atoms with Gasteiger partial charge in [0.05, 0.1) is 16.1 Å². The summed E-state index contributed by atoms with van der Waals surface area (Å²) in [5.74, 6) is 0.153. The molecule has 0 saturated heterocycles. The molecule has 0 aliphatic rings. The number of unbranched alkanes of at least 4 members (excludes halogenated alkanes) is 1. The fourth-order valence-electron chi connectivity index (χ4n) is 1.37. The predicted molar refractivity (Wildman–Crippen MR) is 77.0 cm³/mol. The van der Waals surface area contributed by atoms with E-state index in [9.17, 15) is 13.2 Å². The molecule has 0 aliphatic carbocycles. The van der Waals surface area contributed by atoms with Crippen molar-refractivity contribution in [3.63, 3.8) is 0 Å². The van der Waals surface area contributed by atoms with E-state index >= 15 is 0 Å². The maximum atomic E-state index is 12.1. The van der Waals surface area contributed by atoms with Crippen molar-refractivity contribution in [3.05, 3.63) is 22.7 Å². The van der Waals surface area contributed by atoms with E-state index < -0.39 is 6.36 Å². The molecule has 0 spiro atoms. The summed E-state index contributed by atoms with van der Waals surface area (Å²) in [6.07, 6.45) is -2.49. The van der Waals surface area contributed by atoms with Gasteiger partial charge in [-0.2, -0.15) is 0 Å². The third kappa shape index (κ3) is 6.95. The minimum Gasteiger partial charge on any atom is -0.494 e. The highest BCUT2D eigenvalue weighted by Crippen LogP contribution is 2.33. The van der Waals surface area contributed by atoms with Crippen molar-refractivity contribution in [2.45, 2.75) is 25.6 Å². The van der Waals surface area contributed by atoms with Crippen LogP contribution in [0.3, 0.4) is 0 Å². The third-order valence-corrected chi connectivity index (χ3v) is 3.04. The summed E-state index contributed by atoms with van der Waals surface area (Å²) < 4.78 is 45.6. The van der Waals surface area contributed by atoms with Gasteiger partial charge in [0.25, 0.3) is 0 Å². The highest BCUT2D eigenvalue weighted by atomic mass is 79.9. The van der Waals surface area contributed by atoms with Crippen LogP contribution in [-0.2, 0) is 0 Å². The molecular weight excluding hydrogens is 359 g/mol. The topological polar surface area (TPSA) is 44.5 Å². The van der Waals surface area contributed by atoms with E-state index in [1.165, 1.54) is 18.2 Å². The van der Waals surface area contributed by atoms with Crippen LogP contribution in [0.5, 0.6) is 11.5 Å². The standard InChI is InChI=1S/C12H13BrF3NO2S/c13-9-7-8(18-6-2-1-3-11(17)20)4-5-10(9)19-12(14,15)16/h4-5,7H,1-3,6H2,(H2,17,20). The lowest BCUT2D eigenvalue weighted by molar-refractivity contribution is -0.274. The molecule has 1 aromatic carbocycles. The lowest BCUT2D eigenvalue weighted by Crippen LogP contribution is -2.17. The number of hydrogen-bond acceptors (Lipinski definition) is 3. The average molecular weight is 372 g/mol. The van der Waals surface area contributed by atoms with Crippen molar-refractivity contribution in [2.75, 3.05) is 6.61 Å². The summed E-state index contributed by atoms with van der Waals surface area (Å²) in [5.41, 5.74) is 5.35. The lowest BCUT2D eigenvalue weighted by atomic mass is 10.2. The second-order valence-corrected chi connectivity index (χ2v) is 5.29. The van der Waals surface area contributed by atoms with Crippen LogP contribution >= 0.6 is 28.1 Å². The first-order valence-corrected chi connectivity index (χ1v) is 6.94. The molecule has 0 radical (unpaired) electrons. The maximum Gasteiger partial charge on any atom is 0.573 e. The van der Waals surface area contributed by atoms with Crippen molar-refractivity contribution >= 4 is 33.1 Å². The van der Waals surface area contributed by atoms with Crippen molar-refractivity contribution in [1.82, 2.24) is 0 Å². The zero-order valence-electron chi connectivity index (χ0n) is 10.4. The van der Waals surface area contributed by atoms with Gasteiger partial charge in [-0.05, 0) is 53.4 Å². The van der Waals surface area contributed by atoms with E-state index in [4.69, 9.17) is 22.7 Å². The Morgan fingerprint density at radius 2 is 2.00 bits per heavy atom. The Balaban J connectivity index is 2.45. The van der Waals surface area contributed by atoms with Crippen molar-refractivity contribution in [2.24, 2.45) is 5.73 Å². The van der Waals surface area contributed by atoms with Crippen LogP contribution in [0.1, 0.15) is 19.3 Å². The van der Waals surface area contributed by atoms with Crippen LogP contribution in [0.15, 0.2) is 22.7 Å². The highest BCUT2D eigenvalue weighted by Gasteiger charge is 2.31. The molecule has 0 heterocycles. The van der Waals surface area contributed by atoms with Crippen LogP contribution in [0.4, 0.5) is 13.2 Å². The van der Waals surface area contributed by atoms with E-state index in [0.717, 1.165) is 12.8 Å².